The maximum Gasteiger partial charge on any atom is 0.410 e. The Kier molecular flexibility index (Phi) is 24.4. The van der Waals surface area contributed by atoms with Gasteiger partial charge in [0.1, 0.15) is 43.7 Å². The molecule has 0 spiro atoms. The van der Waals surface area contributed by atoms with E-state index in [0.29, 0.717) is 18.7 Å². The van der Waals surface area contributed by atoms with Crippen molar-refractivity contribution in [1.82, 2.24) is 9.80 Å². The van der Waals surface area contributed by atoms with Gasteiger partial charge in [-0.25, -0.2) is 4.79 Å². The number of hydrogen-bond donors (Lipinski definition) is 2. The standard InChI is InChI=1S/C55H95N3O19/c1-28(2)22-40(59)73-46-35(9)45(30(4)27-69-53-49(66-16)48(65-15)42(60)38(12)72-53)75-51(63)37(11)47(74-41-23-31(5)57(14)26-33(7)70-41)34(8)44(76-52-43(61)39(56-67-17)24-32(6)71-52)29(3)25-55(13,50(62)36(46)10)77-54(64)58-18-20-68-21-19-58/h28-38,41-49,52-53,60-61H,18-27H2,1-17H3/t29-,30-,31?,32+,33-,34+,35-,36+,37+,38?,41-,42+,43+,44-,45+,46+,47-,48+,49+,52-,53+,55-/m0/s1. The van der Waals surface area contributed by atoms with Gasteiger partial charge >= 0.3 is 18.0 Å². The largest absolute Gasteiger partial charge is 0.461 e. The van der Waals surface area contributed by atoms with Crippen LogP contribution in [0.15, 0.2) is 5.16 Å². The molecule has 0 aromatic carbocycles. The van der Waals surface area contributed by atoms with Gasteiger partial charge in [-0.05, 0) is 66.8 Å². The van der Waals surface area contributed by atoms with E-state index in [9.17, 15) is 19.8 Å². The molecule has 0 aromatic heterocycles. The Bertz CT molecular complexity index is 1930. The smallest absolute Gasteiger partial charge is 0.410 e. The van der Waals surface area contributed by atoms with Gasteiger partial charge in [-0.1, -0.05) is 53.6 Å². The van der Waals surface area contributed by atoms with Crippen LogP contribution in [0.1, 0.15) is 116 Å². The van der Waals surface area contributed by atoms with Gasteiger partial charge in [-0.15, -0.1) is 0 Å². The second-order valence-electron chi connectivity index (χ2n) is 23.2. The number of amides is 1. The van der Waals surface area contributed by atoms with E-state index >= 15 is 9.59 Å². The summed E-state index contributed by atoms with van der Waals surface area (Å²) in [6.07, 6.45) is -13.2. The highest BCUT2D eigenvalue weighted by Gasteiger charge is 2.53. The Balaban J connectivity index is 1.70. The van der Waals surface area contributed by atoms with Gasteiger partial charge < -0.3 is 81.7 Å². The minimum atomic E-state index is -1.92. The Labute approximate surface area is 456 Å². The molecule has 1 amide bonds. The molecular formula is C55H95N3O19. The highest BCUT2D eigenvalue weighted by molar-refractivity contribution is 5.91. The van der Waals surface area contributed by atoms with Crippen LogP contribution in [-0.4, -0.2) is 215 Å². The SMILES string of the molecule is CON=C1C[C@@H](C)O[C@@H](O[C@@H]2[C@@H](C)[C@H](O[C@H]3CC(C)N(C)C[C@H](C)O3)[C@@H](C)C(=O)O[C@H]([C@@H](C)CO[C@@H]3OC(C)[C@@H](O)[C@@H](OC)[C@H]3OC)[C@H](C)[C@@H](OC(=O)CC(C)C)[C@@H](C)C(=O)[C@@](C)(OC(=O)N3CCOCC3)C[C@@H]2C)[C@@H]1O. The van der Waals surface area contributed by atoms with Gasteiger partial charge in [0, 0.05) is 76.9 Å². The van der Waals surface area contributed by atoms with Gasteiger partial charge in [0.15, 0.2) is 30.3 Å². The quantitative estimate of drug-likeness (QED) is 0.128. The fourth-order valence-corrected chi connectivity index (χ4v) is 11.8. The lowest BCUT2D eigenvalue weighted by molar-refractivity contribution is -0.305. The van der Waals surface area contributed by atoms with Crippen molar-refractivity contribution in [3.63, 3.8) is 0 Å². The minimum absolute atomic E-state index is 0.0173. The summed E-state index contributed by atoms with van der Waals surface area (Å²) in [6, 6.07) is 0.0188. The number of esters is 2. The fourth-order valence-electron chi connectivity index (χ4n) is 11.8. The average Bonchev–Trinajstić information content (AvgIpc) is 3.49. The van der Waals surface area contributed by atoms with E-state index in [1.165, 1.54) is 26.2 Å². The second-order valence-corrected chi connectivity index (χ2v) is 23.2. The van der Waals surface area contributed by atoms with Crippen molar-refractivity contribution in [2.75, 3.05) is 67.8 Å². The zero-order chi connectivity index (χ0) is 57.2. The van der Waals surface area contributed by atoms with Crippen LogP contribution in [0.5, 0.6) is 0 Å². The average molecular weight is 1100 g/mol. The molecule has 5 aliphatic heterocycles. The zero-order valence-electron chi connectivity index (χ0n) is 48.9. The van der Waals surface area contributed by atoms with E-state index < -0.39 is 145 Å². The summed E-state index contributed by atoms with van der Waals surface area (Å²) in [4.78, 5) is 68.3. The molecule has 22 nitrogen and oxygen atoms in total. The van der Waals surface area contributed by atoms with Gasteiger partial charge in [0.05, 0.1) is 67.9 Å². The maximum atomic E-state index is 15.8. The van der Waals surface area contributed by atoms with E-state index in [1.54, 1.807) is 34.6 Å². The Hall–Kier alpha value is -3.13. The number of cyclic esters (lactones) is 1. The van der Waals surface area contributed by atoms with Crippen molar-refractivity contribution in [2.24, 2.45) is 46.6 Å². The van der Waals surface area contributed by atoms with Crippen molar-refractivity contribution in [1.29, 1.82) is 0 Å². The van der Waals surface area contributed by atoms with Gasteiger partial charge in [0.2, 0.25) is 0 Å². The molecule has 444 valence electrons. The number of carbonyl (C=O) groups is 4. The van der Waals surface area contributed by atoms with Gasteiger partial charge in [-0.3, -0.25) is 14.4 Å². The molecule has 2 N–H and O–H groups in total. The summed E-state index contributed by atoms with van der Waals surface area (Å²) >= 11 is 0. The van der Waals surface area contributed by atoms with Gasteiger partial charge in [-0.2, -0.15) is 0 Å². The first-order valence-electron chi connectivity index (χ1n) is 27.9. The van der Waals surface area contributed by atoms with Crippen LogP contribution >= 0.6 is 0 Å². The molecule has 0 aromatic rings. The Morgan fingerprint density at radius 2 is 1.47 bits per heavy atom. The van der Waals surface area contributed by atoms with E-state index in [4.69, 9.17) is 61.7 Å². The van der Waals surface area contributed by atoms with Gasteiger partial charge in [0.25, 0.3) is 0 Å². The lowest BCUT2D eigenvalue weighted by Gasteiger charge is -2.45. The first-order valence-corrected chi connectivity index (χ1v) is 27.9. The Morgan fingerprint density at radius 1 is 0.805 bits per heavy atom. The lowest BCUT2D eigenvalue weighted by atomic mass is 9.74. The van der Waals surface area contributed by atoms with Crippen molar-refractivity contribution in [2.45, 2.75) is 213 Å². The molecule has 5 heterocycles. The number of aliphatic hydroxyl groups is 2. The third-order valence-corrected chi connectivity index (χ3v) is 16.2. The summed E-state index contributed by atoms with van der Waals surface area (Å²) in [5.74, 6) is -7.24. The summed E-state index contributed by atoms with van der Waals surface area (Å²) in [5.41, 5.74) is -1.62. The second kappa shape index (κ2) is 29.0. The molecular weight excluding hydrogens is 1010 g/mol. The van der Waals surface area contributed by atoms with Crippen molar-refractivity contribution in [3.8, 4) is 0 Å². The first kappa shape index (κ1) is 64.7. The third-order valence-electron chi connectivity index (χ3n) is 16.2. The highest BCUT2D eigenvalue weighted by Crippen LogP contribution is 2.41. The number of likely N-dealkylation sites (N-methyl/N-ethyl adjacent to an activating group) is 1. The molecule has 0 radical (unpaired) electrons. The van der Waals surface area contributed by atoms with Crippen LogP contribution in [0.4, 0.5) is 4.79 Å². The minimum Gasteiger partial charge on any atom is -0.461 e. The molecule has 5 saturated heterocycles. The molecule has 0 saturated carbocycles. The monoisotopic (exact) mass is 1100 g/mol. The van der Waals surface area contributed by atoms with Crippen LogP contribution in [0.25, 0.3) is 0 Å². The normalized spacial score (nSPS) is 41.5. The predicted molar refractivity (Wildman–Crippen MR) is 279 cm³/mol. The van der Waals surface area contributed by atoms with Crippen molar-refractivity contribution in [3.05, 3.63) is 0 Å². The third kappa shape index (κ3) is 16.5. The molecule has 22 heteroatoms. The number of carbonyl (C=O) groups excluding carboxylic acids is 4. The van der Waals surface area contributed by atoms with E-state index in [-0.39, 0.29) is 70.2 Å². The fraction of sp³-hybridized carbons (Fsp3) is 0.909. The molecule has 2 unspecified atom stereocenters. The summed E-state index contributed by atoms with van der Waals surface area (Å²) in [7, 11) is 6.31. The summed E-state index contributed by atoms with van der Waals surface area (Å²) < 4.78 is 76.0. The summed E-state index contributed by atoms with van der Waals surface area (Å²) in [5, 5.41) is 26.8. The van der Waals surface area contributed by atoms with Crippen LogP contribution in [0, 0.1) is 41.4 Å². The Morgan fingerprint density at radius 3 is 2.09 bits per heavy atom. The maximum absolute atomic E-state index is 15.8. The predicted octanol–water partition coefficient (Wildman–Crippen LogP) is 4.75. The summed E-state index contributed by atoms with van der Waals surface area (Å²) in [6.45, 7) is 25.0. The van der Waals surface area contributed by atoms with Crippen molar-refractivity contribution < 1.29 is 91.1 Å². The van der Waals surface area contributed by atoms with Crippen LogP contribution in [0.3, 0.4) is 0 Å². The molecule has 0 aliphatic carbocycles. The number of ether oxygens (including phenoxy) is 12. The molecule has 5 aliphatic rings. The lowest BCUT2D eigenvalue weighted by Crippen LogP contribution is -2.59. The number of methoxy groups -OCH3 is 2. The number of aliphatic hydroxyl groups excluding tert-OH is 2. The van der Waals surface area contributed by atoms with E-state index in [2.05, 4.69) is 17.0 Å². The van der Waals surface area contributed by atoms with Crippen LogP contribution in [-0.2, 0) is 76.1 Å². The topological polar surface area (TPSA) is 248 Å². The number of hydrogen-bond acceptors (Lipinski definition) is 21. The van der Waals surface area contributed by atoms with Crippen LogP contribution in [0.2, 0.25) is 0 Å². The number of rotatable bonds is 15. The number of Topliss-reactive ketones (excluding diaryl/α,β-unsaturated/α-hetero) is 1. The highest BCUT2D eigenvalue weighted by atomic mass is 16.7. The molecule has 22 atom stereocenters. The van der Waals surface area contributed by atoms with E-state index in [0.717, 1.165) is 0 Å². The number of nitrogens with zero attached hydrogens (tertiary/aromatic N) is 3. The zero-order valence-corrected chi connectivity index (χ0v) is 48.9. The van der Waals surface area contributed by atoms with Crippen molar-refractivity contribution >= 4 is 29.5 Å². The van der Waals surface area contributed by atoms with Crippen LogP contribution < -0.4 is 0 Å². The molecule has 5 fully saturated rings. The van der Waals surface area contributed by atoms with E-state index in [1.807, 2.05) is 55.5 Å². The number of ketones is 1. The first-order chi connectivity index (χ1) is 36.2. The number of oxime groups is 1. The number of morpholine rings is 1. The molecule has 5 rings (SSSR count). The molecule has 77 heavy (non-hydrogen) atoms. The molecule has 0 bridgehead atoms.